The normalized spacial score (nSPS) is 20.4. The molecule has 106 valence electrons. The maximum Gasteiger partial charge on any atom is 0.302 e. The van der Waals surface area contributed by atoms with Crippen molar-refractivity contribution in [2.24, 2.45) is 5.11 Å². The monoisotopic (exact) mass is 281 g/mol. The average Bonchev–Trinajstić information content (AvgIpc) is 2.48. The standard InChI is InChI=1S/C16H15N3O2/c1-10(20)21-14-9-8-12-7-6-11-4-2-3-5-13(11)15(12)16(14)18-19-17/h2-7,14,16H,8-9H2,1H3/t14-,16-/m0/s1. The predicted octanol–water partition coefficient (Wildman–Crippen LogP) is 4.07. The van der Waals surface area contributed by atoms with Crippen molar-refractivity contribution >= 4 is 16.7 Å². The van der Waals surface area contributed by atoms with Gasteiger partial charge in [0.05, 0.1) is 0 Å². The maximum atomic E-state index is 11.3. The summed E-state index contributed by atoms with van der Waals surface area (Å²) in [6.07, 6.45) is 1.10. The molecule has 0 aromatic heterocycles. The highest BCUT2D eigenvalue weighted by atomic mass is 16.5. The zero-order valence-electron chi connectivity index (χ0n) is 11.7. The molecule has 0 unspecified atom stereocenters. The van der Waals surface area contributed by atoms with Gasteiger partial charge in [-0.1, -0.05) is 41.5 Å². The lowest BCUT2D eigenvalue weighted by Crippen LogP contribution is -2.28. The van der Waals surface area contributed by atoms with Gasteiger partial charge in [0.2, 0.25) is 0 Å². The van der Waals surface area contributed by atoms with E-state index in [2.05, 4.69) is 22.2 Å². The summed E-state index contributed by atoms with van der Waals surface area (Å²) >= 11 is 0. The molecular formula is C16H15N3O2. The van der Waals surface area contributed by atoms with Crippen LogP contribution in [0.25, 0.3) is 21.2 Å². The van der Waals surface area contributed by atoms with E-state index in [4.69, 9.17) is 10.3 Å². The summed E-state index contributed by atoms with van der Waals surface area (Å²) < 4.78 is 5.36. The zero-order chi connectivity index (χ0) is 14.8. The number of carbonyl (C=O) groups is 1. The van der Waals surface area contributed by atoms with Crippen molar-refractivity contribution in [2.45, 2.75) is 31.9 Å². The number of ether oxygens (including phenoxy) is 1. The van der Waals surface area contributed by atoms with Crippen molar-refractivity contribution in [3.05, 3.63) is 58.0 Å². The second kappa shape index (κ2) is 5.46. The Hall–Kier alpha value is -2.52. The first-order valence-electron chi connectivity index (χ1n) is 6.92. The average molecular weight is 281 g/mol. The van der Waals surface area contributed by atoms with Crippen LogP contribution in [0.1, 0.15) is 30.5 Å². The molecule has 3 rings (SSSR count). The number of hydrogen-bond acceptors (Lipinski definition) is 3. The van der Waals surface area contributed by atoms with E-state index in [0.29, 0.717) is 6.42 Å². The minimum absolute atomic E-state index is 0.346. The molecule has 2 aromatic carbocycles. The third kappa shape index (κ3) is 2.43. The summed E-state index contributed by atoms with van der Waals surface area (Å²) in [5.41, 5.74) is 11.0. The van der Waals surface area contributed by atoms with Crippen LogP contribution >= 0.6 is 0 Å². The van der Waals surface area contributed by atoms with Crippen LogP contribution in [0.15, 0.2) is 41.5 Å². The number of benzene rings is 2. The van der Waals surface area contributed by atoms with Crippen molar-refractivity contribution < 1.29 is 9.53 Å². The molecule has 0 heterocycles. The molecule has 21 heavy (non-hydrogen) atoms. The van der Waals surface area contributed by atoms with E-state index in [-0.39, 0.29) is 5.97 Å². The molecule has 0 aliphatic heterocycles. The SMILES string of the molecule is CC(=O)O[C@H]1CCc2ccc3ccccc3c2[C@H]1N=[N+]=[N-]. The fourth-order valence-corrected chi connectivity index (χ4v) is 3.07. The highest BCUT2D eigenvalue weighted by Crippen LogP contribution is 2.39. The summed E-state index contributed by atoms with van der Waals surface area (Å²) in [6, 6.07) is 11.7. The van der Waals surface area contributed by atoms with Crippen molar-refractivity contribution in [3.8, 4) is 0 Å². The molecule has 5 heteroatoms. The first-order chi connectivity index (χ1) is 10.2. The lowest BCUT2D eigenvalue weighted by Gasteiger charge is -2.31. The van der Waals surface area contributed by atoms with Gasteiger partial charge in [-0.2, -0.15) is 0 Å². The minimum Gasteiger partial charge on any atom is -0.462 e. The van der Waals surface area contributed by atoms with Crippen LogP contribution in [-0.2, 0) is 16.0 Å². The summed E-state index contributed by atoms with van der Waals surface area (Å²) in [5.74, 6) is -0.346. The molecule has 0 radical (unpaired) electrons. The van der Waals surface area contributed by atoms with Gasteiger partial charge >= 0.3 is 5.97 Å². The van der Waals surface area contributed by atoms with E-state index in [1.165, 1.54) is 6.92 Å². The van der Waals surface area contributed by atoms with Crippen LogP contribution < -0.4 is 0 Å². The van der Waals surface area contributed by atoms with Gasteiger partial charge in [-0.05, 0) is 40.3 Å². The Labute approximate surface area is 122 Å². The lowest BCUT2D eigenvalue weighted by molar-refractivity contribution is -0.148. The topological polar surface area (TPSA) is 75.1 Å². The highest BCUT2D eigenvalue weighted by Gasteiger charge is 2.32. The molecule has 5 nitrogen and oxygen atoms in total. The van der Waals surface area contributed by atoms with Crippen LogP contribution in [0.5, 0.6) is 0 Å². The van der Waals surface area contributed by atoms with E-state index in [0.717, 1.165) is 28.3 Å². The summed E-state index contributed by atoms with van der Waals surface area (Å²) in [6.45, 7) is 1.38. The fraction of sp³-hybridized carbons (Fsp3) is 0.312. The van der Waals surface area contributed by atoms with Crippen LogP contribution in [0.3, 0.4) is 0 Å². The predicted molar refractivity (Wildman–Crippen MR) is 79.7 cm³/mol. The maximum absolute atomic E-state index is 11.3. The molecule has 1 aliphatic rings. The first kappa shape index (κ1) is 13.5. The molecule has 0 saturated heterocycles. The number of esters is 1. The van der Waals surface area contributed by atoms with Crippen molar-refractivity contribution in [1.82, 2.24) is 0 Å². The number of azide groups is 1. The number of aryl methyl sites for hydroxylation is 1. The Balaban J connectivity index is 2.18. The number of rotatable bonds is 2. The van der Waals surface area contributed by atoms with Gasteiger partial charge in [0.15, 0.2) is 0 Å². The lowest BCUT2D eigenvalue weighted by atomic mass is 9.83. The van der Waals surface area contributed by atoms with E-state index in [1.54, 1.807) is 0 Å². The molecule has 1 aliphatic carbocycles. The largest absolute Gasteiger partial charge is 0.462 e. The van der Waals surface area contributed by atoms with Gasteiger partial charge in [0.25, 0.3) is 0 Å². The van der Waals surface area contributed by atoms with E-state index in [1.807, 2.05) is 24.3 Å². The van der Waals surface area contributed by atoms with E-state index in [9.17, 15) is 4.79 Å². The Bertz CT molecular complexity index is 750. The third-order valence-electron chi connectivity index (χ3n) is 3.90. The first-order valence-corrected chi connectivity index (χ1v) is 6.92. The van der Waals surface area contributed by atoms with E-state index >= 15 is 0 Å². The molecule has 0 N–H and O–H groups in total. The van der Waals surface area contributed by atoms with Crippen LogP contribution in [0.4, 0.5) is 0 Å². The van der Waals surface area contributed by atoms with Crippen LogP contribution in [0.2, 0.25) is 0 Å². The van der Waals surface area contributed by atoms with Gasteiger partial charge in [-0.3, -0.25) is 4.79 Å². The molecule has 2 aromatic rings. The van der Waals surface area contributed by atoms with Gasteiger partial charge < -0.3 is 4.74 Å². The number of hydrogen-bond donors (Lipinski definition) is 0. The smallest absolute Gasteiger partial charge is 0.302 e. The molecule has 0 amide bonds. The molecule has 0 spiro atoms. The Morgan fingerprint density at radius 3 is 2.90 bits per heavy atom. The molecular weight excluding hydrogens is 266 g/mol. The highest BCUT2D eigenvalue weighted by molar-refractivity contribution is 5.87. The van der Waals surface area contributed by atoms with Crippen molar-refractivity contribution in [2.75, 3.05) is 0 Å². The second-order valence-corrected chi connectivity index (χ2v) is 5.20. The molecule has 2 atom stereocenters. The number of fused-ring (bicyclic) bond motifs is 3. The molecule has 0 bridgehead atoms. The van der Waals surface area contributed by atoms with Gasteiger partial charge in [-0.25, -0.2) is 0 Å². The Morgan fingerprint density at radius 1 is 1.33 bits per heavy atom. The van der Waals surface area contributed by atoms with Gasteiger partial charge in [0.1, 0.15) is 12.1 Å². The van der Waals surface area contributed by atoms with Crippen molar-refractivity contribution in [3.63, 3.8) is 0 Å². The summed E-state index contributed by atoms with van der Waals surface area (Å²) in [7, 11) is 0. The fourth-order valence-electron chi connectivity index (χ4n) is 3.07. The third-order valence-corrected chi connectivity index (χ3v) is 3.90. The number of carbonyl (C=O) groups excluding carboxylic acids is 1. The Morgan fingerprint density at radius 2 is 2.14 bits per heavy atom. The minimum atomic E-state index is -0.464. The van der Waals surface area contributed by atoms with Gasteiger partial charge in [-0.15, -0.1) is 0 Å². The van der Waals surface area contributed by atoms with Crippen LogP contribution in [-0.4, -0.2) is 12.1 Å². The Kier molecular flexibility index (Phi) is 3.50. The zero-order valence-corrected chi connectivity index (χ0v) is 11.7. The van der Waals surface area contributed by atoms with Crippen molar-refractivity contribution in [1.29, 1.82) is 0 Å². The van der Waals surface area contributed by atoms with Gasteiger partial charge in [0, 0.05) is 11.8 Å². The second-order valence-electron chi connectivity index (χ2n) is 5.20. The molecule has 0 fully saturated rings. The number of nitrogens with zero attached hydrogens (tertiary/aromatic N) is 3. The summed E-state index contributed by atoms with van der Waals surface area (Å²) in [5, 5.41) is 6.07. The summed E-state index contributed by atoms with van der Waals surface area (Å²) in [4.78, 5) is 14.2. The van der Waals surface area contributed by atoms with E-state index < -0.39 is 12.1 Å². The molecule has 0 saturated carbocycles. The van der Waals surface area contributed by atoms with Crippen LogP contribution in [0, 0.1) is 0 Å². The quantitative estimate of drug-likeness (QED) is 0.360.